The third kappa shape index (κ3) is 2.79. The van der Waals surface area contributed by atoms with Crippen LogP contribution in [0.25, 0.3) is 0 Å². The largest absolute Gasteiger partial charge is 0.272 e. The van der Waals surface area contributed by atoms with Gasteiger partial charge in [-0.2, -0.15) is 0 Å². The van der Waals surface area contributed by atoms with E-state index in [2.05, 4.69) is 5.48 Å². The van der Waals surface area contributed by atoms with Gasteiger partial charge in [0, 0.05) is 12.1 Å². The summed E-state index contributed by atoms with van der Waals surface area (Å²) in [5, 5.41) is 10.6. The number of nitrogens with zero attached hydrogens (tertiary/aromatic N) is 1. The predicted octanol–water partition coefficient (Wildman–Crippen LogP) is 3.36. The van der Waals surface area contributed by atoms with Gasteiger partial charge in [0.05, 0.1) is 16.9 Å². The van der Waals surface area contributed by atoms with Crippen molar-refractivity contribution in [3.8, 4) is 0 Å². The molecule has 0 aliphatic heterocycles. The molecule has 0 heterocycles. The van der Waals surface area contributed by atoms with Crippen molar-refractivity contribution in [2.75, 3.05) is 0 Å². The van der Waals surface area contributed by atoms with Gasteiger partial charge >= 0.3 is 0 Å². The molecule has 6 nitrogen and oxygen atoms in total. The van der Waals surface area contributed by atoms with Gasteiger partial charge in [0.15, 0.2) is 0 Å². The van der Waals surface area contributed by atoms with Crippen LogP contribution in [-0.2, 0) is 16.2 Å². The van der Waals surface area contributed by atoms with Crippen LogP contribution in [0.2, 0.25) is 0 Å². The lowest BCUT2D eigenvalue weighted by atomic mass is 9.49. The third-order valence-corrected chi connectivity index (χ3v) is 6.07. The van der Waals surface area contributed by atoms with Crippen LogP contribution in [0.4, 0.5) is 5.69 Å². The molecule has 0 radical (unpaired) electrons. The van der Waals surface area contributed by atoms with E-state index in [-0.39, 0.29) is 23.6 Å². The van der Waals surface area contributed by atoms with Crippen molar-refractivity contribution in [3.63, 3.8) is 0 Å². The molecule has 0 spiro atoms. The summed E-state index contributed by atoms with van der Waals surface area (Å²) in [5.41, 5.74) is 3.28. The molecule has 1 amide bonds. The van der Waals surface area contributed by atoms with Crippen LogP contribution in [0.5, 0.6) is 0 Å². The van der Waals surface area contributed by atoms with Crippen LogP contribution in [0.1, 0.15) is 44.1 Å². The van der Waals surface area contributed by atoms with Gasteiger partial charge in [-0.25, -0.2) is 5.48 Å². The number of rotatable bonds is 5. The Morgan fingerprint density at radius 2 is 1.67 bits per heavy atom. The lowest BCUT2D eigenvalue weighted by Crippen LogP contribution is -2.53. The molecule has 0 atom stereocenters. The van der Waals surface area contributed by atoms with Crippen LogP contribution in [-0.4, -0.2) is 10.8 Å². The van der Waals surface area contributed by atoms with Crippen LogP contribution in [0.15, 0.2) is 24.3 Å². The zero-order chi connectivity index (χ0) is 16.7. The van der Waals surface area contributed by atoms with Gasteiger partial charge in [-0.3, -0.25) is 19.7 Å². The summed E-state index contributed by atoms with van der Waals surface area (Å²) in [6.07, 6.45) is 6.92. The molecule has 4 aliphatic carbocycles. The average molecular weight is 330 g/mol. The van der Waals surface area contributed by atoms with E-state index in [1.165, 1.54) is 31.4 Å². The number of amides is 1. The van der Waals surface area contributed by atoms with E-state index in [1.807, 2.05) is 0 Å². The standard InChI is InChI=1S/C18H22N2O4/c21-17(18-8-13-5-14(9-18)7-15(6-13)10-18)19-24-11-12-1-3-16(4-2-12)20(22)23/h1-4,13-15H,5-11H2,(H,19,21). The first-order valence-corrected chi connectivity index (χ1v) is 8.70. The molecule has 4 bridgehead atoms. The topological polar surface area (TPSA) is 81.5 Å². The number of nitro benzene ring substituents is 1. The molecule has 4 aliphatic rings. The Bertz CT molecular complexity index is 620. The Kier molecular flexibility index (Phi) is 3.79. The summed E-state index contributed by atoms with van der Waals surface area (Å²) in [5.74, 6) is 2.19. The van der Waals surface area contributed by atoms with Gasteiger partial charge < -0.3 is 0 Å². The van der Waals surface area contributed by atoms with E-state index >= 15 is 0 Å². The molecule has 1 N–H and O–H groups in total. The van der Waals surface area contributed by atoms with Crippen LogP contribution in [0.3, 0.4) is 0 Å². The van der Waals surface area contributed by atoms with E-state index in [4.69, 9.17) is 4.84 Å². The summed E-state index contributed by atoms with van der Waals surface area (Å²) in [7, 11) is 0. The van der Waals surface area contributed by atoms with Crippen molar-refractivity contribution in [2.24, 2.45) is 23.2 Å². The summed E-state index contributed by atoms with van der Waals surface area (Å²) < 4.78 is 0. The van der Waals surface area contributed by atoms with Gasteiger partial charge in [-0.05, 0) is 74.0 Å². The van der Waals surface area contributed by atoms with Gasteiger partial charge in [0.1, 0.15) is 0 Å². The maximum Gasteiger partial charge on any atom is 0.269 e. The molecule has 5 rings (SSSR count). The first-order valence-electron chi connectivity index (χ1n) is 8.70. The van der Waals surface area contributed by atoms with Crippen molar-refractivity contribution in [1.82, 2.24) is 5.48 Å². The zero-order valence-corrected chi connectivity index (χ0v) is 13.6. The average Bonchev–Trinajstić information content (AvgIpc) is 2.54. The molecule has 0 saturated heterocycles. The number of non-ortho nitro benzene ring substituents is 1. The molecule has 0 unspecified atom stereocenters. The quantitative estimate of drug-likeness (QED) is 0.663. The highest BCUT2D eigenvalue weighted by Crippen LogP contribution is 2.60. The predicted molar refractivity (Wildman–Crippen MR) is 86.6 cm³/mol. The molecule has 1 aromatic rings. The summed E-state index contributed by atoms with van der Waals surface area (Å²) in [4.78, 5) is 28.3. The molecule has 4 fully saturated rings. The van der Waals surface area contributed by atoms with Crippen molar-refractivity contribution in [2.45, 2.75) is 45.1 Å². The summed E-state index contributed by atoms with van der Waals surface area (Å²) in [6.45, 7) is 0.218. The molecule has 128 valence electrons. The summed E-state index contributed by atoms with van der Waals surface area (Å²) in [6, 6.07) is 6.18. The van der Waals surface area contributed by atoms with Gasteiger partial charge in [0.2, 0.25) is 5.91 Å². The number of hydroxylamine groups is 1. The number of nitrogens with one attached hydrogen (secondary N) is 1. The van der Waals surface area contributed by atoms with E-state index in [1.54, 1.807) is 12.1 Å². The van der Waals surface area contributed by atoms with Crippen LogP contribution in [0, 0.1) is 33.3 Å². The van der Waals surface area contributed by atoms with Crippen LogP contribution < -0.4 is 5.48 Å². The second kappa shape index (κ2) is 5.84. The minimum atomic E-state index is -0.431. The fourth-order valence-electron chi connectivity index (χ4n) is 5.40. The third-order valence-electron chi connectivity index (χ3n) is 6.07. The van der Waals surface area contributed by atoms with Crippen molar-refractivity contribution in [1.29, 1.82) is 0 Å². The fourth-order valence-corrected chi connectivity index (χ4v) is 5.40. The Morgan fingerprint density at radius 1 is 1.12 bits per heavy atom. The van der Waals surface area contributed by atoms with Crippen LogP contribution >= 0.6 is 0 Å². The maximum atomic E-state index is 12.7. The van der Waals surface area contributed by atoms with E-state index < -0.39 is 4.92 Å². The highest BCUT2D eigenvalue weighted by atomic mass is 16.7. The number of benzene rings is 1. The Hall–Kier alpha value is -1.95. The van der Waals surface area contributed by atoms with Crippen molar-refractivity contribution in [3.05, 3.63) is 39.9 Å². The second-order valence-corrected chi connectivity index (χ2v) is 7.84. The lowest BCUT2D eigenvalue weighted by molar-refractivity contribution is -0.384. The minimum Gasteiger partial charge on any atom is -0.272 e. The number of carbonyl (C=O) groups excluding carboxylic acids is 1. The zero-order valence-electron chi connectivity index (χ0n) is 13.6. The Balaban J connectivity index is 1.33. The van der Waals surface area contributed by atoms with Crippen molar-refractivity contribution >= 4 is 11.6 Å². The molecular formula is C18H22N2O4. The first kappa shape index (κ1) is 15.6. The van der Waals surface area contributed by atoms with Gasteiger partial charge in [-0.15, -0.1) is 0 Å². The number of hydrogen-bond donors (Lipinski definition) is 1. The first-order chi connectivity index (χ1) is 11.5. The van der Waals surface area contributed by atoms with Gasteiger partial charge in [0.25, 0.3) is 5.69 Å². The Morgan fingerprint density at radius 3 is 2.17 bits per heavy atom. The molecule has 24 heavy (non-hydrogen) atoms. The number of nitro groups is 1. The molecule has 0 aromatic heterocycles. The summed E-state index contributed by atoms with van der Waals surface area (Å²) >= 11 is 0. The lowest BCUT2D eigenvalue weighted by Gasteiger charge is -2.55. The normalized spacial score (nSPS) is 33.4. The minimum absolute atomic E-state index is 0.0310. The number of carbonyl (C=O) groups is 1. The van der Waals surface area contributed by atoms with E-state index in [0.29, 0.717) is 0 Å². The number of hydrogen-bond acceptors (Lipinski definition) is 4. The smallest absolute Gasteiger partial charge is 0.269 e. The molecular weight excluding hydrogens is 308 g/mol. The van der Waals surface area contributed by atoms with Gasteiger partial charge in [-0.1, -0.05) is 0 Å². The van der Waals surface area contributed by atoms with E-state index in [0.717, 1.165) is 42.6 Å². The molecule has 4 saturated carbocycles. The second-order valence-electron chi connectivity index (χ2n) is 7.84. The highest BCUT2D eigenvalue weighted by Gasteiger charge is 2.54. The Labute approximate surface area is 140 Å². The fraction of sp³-hybridized carbons (Fsp3) is 0.611. The maximum absolute atomic E-state index is 12.7. The van der Waals surface area contributed by atoms with Crippen molar-refractivity contribution < 1.29 is 14.6 Å². The monoisotopic (exact) mass is 330 g/mol. The molecule has 6 heteroatoms. The molecule has 1 aromatic carbocycles. The van der Waals surface area contributed by atoms with E-state index in [9.17, 15) is 14.9 Å². The SMILES string of the molecule is O=C(NOCc1ccc([N+](=O)[O-])cc1)C12CC3CC(CC(C3)C1)C2. The highest BCUT2D eigenvalue weighted by molar-refractivity contribution is 5.82.